The number of sulfonamides is 1. The summed E-state index contributed by atoms with van der Waals surface area (Å²) >= 11 is 5.92. The van der Waals surface area contributed by atoms with Gasteiger partial charge in [0.2, 0.25) is 10.0 Å². The summed E-state index contributed by atoms with van der Waals surface area (Å²) in [6, 6.07) is 1.44. The zero-order valence-electron chi connectivity index (χ0n) is 10.0. The van der Waals surface area contributed by atoms with Crippen molar-refractivity contribution in [1.29, 1.82) is 0 Å². The molecule has 0 bridgehead atoms. The van der Waals surface area contributed by atoms with E-state index in [0.717, 1.165) is 0 Å². The normalized spacial score (nSPS) is 18.2. The minimum Gasteiger partial charge on any atom is -0.381 e. The van der Waals surface area contributed by atoms with Crippen LogP contribution >= 0.6 is 11.6 Å². The number of hydrogen-bond donors (Lipinski definition) is 0. The molecular weight excluding hydrogens is 276 g/mol. The molecule has 0 aromatic carbocycles. The van der Waals surface area contributed by atoms with Crippen molar-refractivity contribution >= 4 is 21.6 Å². The van der Waals surface area contributed by atoms with Gasteiger partial charge >= 0.3 is 0 Å². The highest BCUT2D eigenvalue weighted by molar-refractivity contribution is 7.89. The van der Waals surface area contributed by atoms with Crippen molar-refractivity contribution in [1.82, 2.24) is 9.29 Å². The van der Waals surface area contributed by atoms with Gasteiger partial charge in [-0.05, 0) is 18.9 Å². The maximum absolute atomic E-state index is 12.4. The van der Waals surface area contributed by atoms with E-state index in [-0.39, 0.29) is 16.0 Å². The number of hydrogen-bond acceptors (Lipinski definition) is 4. The van der Waals surface area contributed by atoms with Crippen molar-refractivity contribution in [3.05, 3.63) is 23.5 Å². The van der Waals surface area contributed by atoms with Crippen molar-refractivity contribution in [2.45, 2.75) is 23.8 Å². The Morgan fingerprint density at radius 1 is 1.44 bits per heavy atom. The molecule has 0 aliphatic carbocycles. The number of halogens is 1. The standard InChI is InChI=1S/C11H15ClN2O3S/c1-14(9-3-6-17-7-4-9)18(15,16)11-8-13-5-2-10(11)12/h2,5,8-9H,3-4,6-7H2,1H3. The summed E-state index contributed by atoms with van der Waals surface area (Å²) < 4.78 is 31.4. The number of rotatable bonds is 3. The third-order valence-corrected chi connectivity index (χ3v) is 5.48. The highest BCUT2D eigenvalue weighted by Crippen LogP contribution is 2.26. The smallest absolute Gasteiger partial charge is 0.246 e. The molecule has 1 aromatic heterocycles. The number of ether oxygens (including phenoxy) is 1. The first-order valence-electron chi connectivity index (χ1n) is 5.69. The predicted molar refractivity (Wildman–Crippen MR) is 68.0 cm³/mol. The second-order valence-corrected chi connectivity index (χ2v) is 6.54. The molecule has 1 aliphatic heterocycles. The van der Waals surface area contributed by atoms with E-state index in [0.29, 0.717) is 26.1 Å². The fourth-order valence-corrected chi connectivity index (χ4v) is 3.77. The van der Waals surface area contributed by atoms with E-state index in [1.165, 1.54) is 22.8 Å². The zero-order chi connectivity index (χ0) is 13.2. The van der Waals surface area contributed by atoms with Gasteiger partial charge in [0.15, 0.2) is 0 Å². The maximum atomic E-state index is 12.4. The van der Waals surface area contributed by atoms with Gasteiger partial charge in [0.1, 0.15) is 4.90 Å². The average molecular weight is 291 g/mol. The Labute approximate surface area is 112 Å². The first-order valence-corrected chi connectivity index (χ1v) is 7.50. The summed E-state index contributed by atoms with van der Waals surface area (Å²) in [5.74, 6) is 0. The lowest BCUT2D eigenvalue weighted by molar-refractivity contribution is 0.0632. The van der Waals surface area contributed by atoms with E-state index >= 15 is 0 Å². The lowest BCUT2D eigenvalue weighted by Crippen LogP contribution is -2.40. The average Bonchev–Trinajstić information content (AvgIpc) is 2.39. The Bertz CT molecular complexity index is 515. The van der Waals surface area contributed by atoms with Gasteiger partial charge in [-0.15, -0.1) is 0 Å². The molecule has 0 saturated carbocycles. The zero-order valence-corrected chi connectivity index (χ0v) is 11.6. The van der Waals surface area contributed by atoms with Crippen LogP contribution in [0.5, 0.6) is 0 Å². The van der Waals surface area contributed by atoms with E-state index < -0.39 is 10.0 Å². The van der Waals surface area contributed by atoms with Crippen LogP contribution in [0.15, 0.2) is 23.4 Å². The van der Waals surface area contributed by atoms with Gasteiger partial charge in [0, 0.05) is 38.7 Å². The van der Waals surface area contributed by atoms with Crippen LogP contribution in [0.2, 0.25) is 5.02 Å². The van der Waals surface area contributed by atoms with Crippen LogP contribution in [0.25, 0.3) is 0 Å². The van der Waals surface area contributed by atoms with E-state index in [1.807, 2.05) is 0 Å². The number of pyridine rings is 1. The second kappa shape index (κ2) is 5.52. The molecule has 0 unspecified atom stereocenters. The number of aromatic nitrogens is 1. The Kier molecular flexibility index (Phi) is 4.21. The molecule has 0 atom stereocenters. The highest BCUT2D eigenvalue weighted by atomic mass is 35.5. The lowest BCUT2D eigenvalue weighted by Gasteiger charge is -2.30. The minimum atomic E-state index is -3.59. The molecule has 0 amide bonds. The largest absolute Gasteiger partial charge is 0.381 e. The van der Waals surface area contributed by atoms with Gasteiger partial charge in [-0.2, -0.15) is 4.31 Å². The Morgan fingerprint density at radius 3 is 2.72 bits per heavy atom. The maximum Gasteiger partial charge on any atom is 0.246 e. The van der Waals surface area contributed by atoms with Crippen LogP contribution < -0.4 is 0 Å². The van der Waals surface area contributed by atoms with Crippen molar-refractivity contribution in [3.8, 4) is 0 Å². The fourth-order valence-electron chi connectivity index (χ4n) is 1.95. The second-order valence-electron chi connectivity index (χ2n) is 4.17. The molecule has 5 nitrogen and oxygen atoms in total. The molecule has 0 N–H and O–H groups in total. The Morgan fingerprint density at radius 2 is 2.11 bits per heavy atom. The molecule has 100 valence electrons. The van der Waals surface area contributed by atoms with E-state index in [4.69, 9.17) is 16.3 Å². The first-order chi connectivity index (χ1) is 8.53. The van der Waals surface area contributed by atoms with Crippen LogP contribution in [0.3, 0.4) is 0 Å². The van der Waals surface area contributed by atoms with Gasteiger partial charge in [0.05, 0.1) is 5.02 Å². The monoisotopic (exact) mass is 290 g/mol. The summed E-state index contributed by atoms with van der Waals surface area (Å²) in [5.41, 5.74) is 0. The molecule has 0 spiro atoms. The quantitative estimate of drug-likeness (QED) is 0.847. The van der Waals surface area contributed by atoms with Crippen LogP contribution in [0, 0.1) is 0 Å². The molecule has 1 fully saturated rings. The summed E-state index contributed by atoms with van der Waals surface area (Å²) in [4.78, 5) is 3.88. The predicted octanol–water partition coefficient (Wildman–Crippen LogP) is 1.53. The topological polar surface area (TPSA) is 59.5 Å². The molecule has 7 heteroatoms. The molecule has 2 rings (SSSR count). The van der Waals surface area contributed by atoms with Crippen molar-refractivity contribution in [2.75, 3.05) is 20.3 Å². The molecule has 2 heterocycles. The summed E-state index contributed by atoms with van der Waals surface area (Å²) in [6.45, 7) is 1.18. The summed E-state index contributed by atoms with van der Waals surface area (Å²) in [6.07, 6.45) is 4.16. The van der Waals surface area contributed by atoms with Crippen LogP contribution in [-0.4, -0.2) is 44.0 Å². The Hall–Kier alpha value is -0.690. The third kappa shape index (κ3) is 2.66. The van der Waals surface area contributed by atoms with Crippen LogP contribution in [0.1, 0.15) is 12.8 Å². The van der Waals surface area contributed by atoms with Gasteiger partial charge in [0.25, 0.3) is 0 Å². The van der Waals surface area contributed by atoms with Crippen molar-refractivity contribution < 1.29 is 13.2 Å². The van der Waals surface area contributed by atoms with Crippen molar-refractivity contribution in [2.24, 2.45) is 0 Å². The van der Waals surface area contributed by atoms with Gasteiger partial charge in [-0.1, -0.05) is 11.6 Å². The van der Waals surface area contributed by atoms with E-state index in [2.05, 4.69) is 4.98 Å². The van der Waals surface area contributed by atoms with Crippen LogP contribution in [-0.2, 0) is 14.8 Å². The van der Waals surface area contributed by atoms with Gasteiger partial charge in [-0.25, -0.2) is 8.42 Å². The summed E-state index contributed by atoms with van der Waals surface area (Å²) in [7, 11) is -2.01. The molecule has 18 heavy (non-hydrogen) atoms. The lowest BCUT2D eigenvalue weighted by atomic mass is 10.1. The first kappa shape index (κ1) is 13.7. The SMILES string of the molecule is CN(C1CCOCC1)S(=O)(=O)c1cnccc1Cl. The highest BCUT2D eigenvalue weighted by Gasteiger charge is 2.30. The third-order valence-electron chi connectivity index (χ3n) is 3.10. The van der Waals surface area contributed by atoms with Gasteiger partial charge < -0.3 is 4.74 Å². The minimum absolute atomic E-state index is 0.0416. The molecule has 1 aromatic rings. The Balaban J connectivity index is 2.28. The molecule has 0 radical (unpaired) electrons. The van der Waals surface area contributed by atoms with E-state index in [1.54, 1.807) is 7.05 Å². The van der Waals surface area contributed by atoms with Crippen molar-refractivity contribution in [3.63, 3.8) is 0 Å². The van der Waals surface area contributed by atoms with Gasteiger partial charge in [-0.3, -0.25) is 4.98 Å². The molecule has 1 saturated heterocycles. The summed E-state index contributed by atoms with van der Waals surface area (Å²) in [5, 5.41) is 0.198. The number of nitrogens with zero attached hydrogens (tertiary/aromatic N) is 2. The fraction of sp³-hybridized carbons (Fsp3) is 0.545. The molecule has 1 aliphatic rings. The molecular formula is C11H15ClN2O3S. The van der Waals surface area contributed by atoms with Crippen LogP contribution in [0.4, 0.5) is 0 Å². The van der Waals surface area contributed by atoms with E-state index in [9.17, 15) is 8.42 Å².